The first-order valence-corrected chi connectivity index (χ1v) is 9.02. The molecule has 0 saturated carbocycles. The van der Waals surface area contributed by atoms with Crippen LogP contribution in [0.3, 0.4) is 0 Å². The fourth-order valence-corrected chi connectivity index (χ4v) is 3.84. The molecule has 10 nitrogen and oxygen atoms in total. The molecule has 6 amide bonds. The summed E-state index contributed by atoms with van der Waals surface area (Å²) in [5.41, 5.74) is 6.54. The maximum Gasteiger partial charge on any atom is 0.314 e. The standard InChI is InChI=1S/C18H19N5O5/c19-18(28)22-7-5-21(6-8-22)10-1-2-11-12(9-10)17(27)23(16(11)26)13-3-4-14(24)20-15(13)25/h1-2,9,13H,3-8H2,(H2,19,28)(H,20,24,25). The van der Waals surface area contributed by atoms with Crippen molar-refractivity contribution in [1.29, 1.82) is 0 Å². The van der Waals surface area contributed by atoms with E-state index in [-0.39, 0.29) is 24.0 Å². The molecule has 3 aliphatic rings. The average Bonchev–Trinajstić information content (AvgIpc) is 2.92. The molecule has 0 spiro atoms. The zero-order valence-electron chi connectivity index (χ0n) is 15.0. The number of hydrogen-bond donors (Lipinski definition) is 2. The van der Waals surface area contributed by atoms with Crippen LogP contribution >= 0.6 is 0 Å². The van der Waals surface area contributed by atoms with Crippen molar-refractivity contribution in [2.24, 2.45) is 5.73 Å². The molecule has 1 aromatic carbocycles. The summed E-state index contributed by atoms with van der Waals surface area (Å²) in [5, 5.41) is 2.18. The number of rotatable bonds is 2. The Bertz CT molecular complexity index is 906. The normalized spacial score (nSPS) is 22.4. The number of urea groups is 1. The molecule has 0 bridgehead atoms. The first-order chi connectivity index (χ1) is 13.4. The van der Waals surface area contributed by atoms with Gasteiger partial charge in [-0.15, -0.1) is 0 Å². The van der Waals surface area contributed by atoms with Crippen molar-refractivity contribution < 1.29 is 24.0 Å². The summed E-state index contributed by atoms with van der Waals surface area (Å²) in [6, 6.07) is 3.53. The summed E-state index contributed by atoms with van der Waals surface area (Å²) in [6.45, 7) is 2.06. The highest BCUT2D eigenvalue weighted by Gasteiger charge is 2.44. The number of piperidine rings is 1. The molecule has 1 atom stereocenters. The second kappa shape index (κ2) is 6.63. The van der Waals surface area contributed by atoms with Gasteiger partial charge in [0.1, 0.15) is 6.04 Å². The molecule has 4 rings (SSSR count). The number of imide groups is 2. The smallest absolute Gasteiger partial charge is 0.314 e. The number of fused-ring (bicyclic) bond motifs is 1. The molecule has 2 saturated heterocycles. The molecule has 3 N–H and O–H groups in total. The average molecular weight is 385 g/mol. The number of carbonyl (C=O) groups is 5. The van der Waals surface area contributed by atoms with Crippen LogP contribution in [-0.4, -0.2) is 71.7 Å². The molecule has 0 aliphatic carbocycles. The summed E-state index contributed by atoms with van der Waals surface area (Å²) in [6.07, 6.45) is 0.206. The van der Waals surface area contributed by atoms with E-state index in [0.717, 1.165) is 10.6 Å². The molecular formula is C18H19N5O5. The topological polar surface area (TPSA) is 133 Å². The second-order valence-corrected chi connectivity index (χ2v) is 6.99. The first kappa shape index (κ1) is 18.0. The van der Waals surface area contributed by atoms with Crippen LogP contribution in [0.2, 0.25) is 0 Å². The van der Waals surface area contributed by atoms with E-state index in [1.165, 1.54) is 0 Å². The quantitative estimate of drug-likeness (QED) is 0.646. The highest BCUT2D eigenvalue weighted by atomic mass is 16.2. The first-order valence-electron chi connectivity index (χ1n) is 9.02. The molecular weight excluding hydrogens is 366 g/mol. The number of anilines is 1. The number of carbonyl (C=O) groups excluding carboxylic acids is 5. The van der Waals surface area contributed by atoms with E-state index in [1.807, 2.05) is 4.90 Å². The minimum Gasteiger partial charge on any atom is -0.368 e. The number of amides is 6. The summed E-state index contributed by atoms with van der Waals surface area (Å²) < 4.78 is 0. The van der Waals surface area contributed by atoms with Crippen LogP contribution < -0.4 is 16.0 Å². The predicted octanol–water partition coefficient (Wildman–Crippen LogP) is -0.711. The second-order valence-electron chi connectivity index (χ2n) is 6.99. The minimum absolute atomic E-state index is 0.0825. The van der Waals surface area contributed by atoms with Crippen LogP contribution in [0.5, 0.6) is 0 Å². The predicted molar refractivity (Wildman–Crippen MR) is 96.5 cm³/mol. The molecule has 2 fully saturated rings. The molecule has 0 aromatic heterocycles. The van der Waals surface area contributed by atoms with Crippen molar-refractivity contribution in [3.8, 4) is 0 Å². The Hall–Kier alpha value is -3.43. The van der Waals surface area contributed by atoms with Crippen molar-refractivity contribution in [2.45, 2.75) is 18.9 Å². The maximum atomic E-state index is 12.9. The number of nitrogens with zero attached hydrogens (tertiary/aromatic N) is 3. The number of primary amides is 1. The summed E-state index contributed by atoms with van der Waals surface area (Å²) in [5.74, 6) is -2.10. The van der Waals surface area contributed by atoms with E-state index in [9.17, 15) is 24.0 Å². The van der Waals surface area contributed by atoms with Gasteiger partial charge in [0.15, 0.2) is 0 Å². The van der Waals surface area contributed by atoms with Gasteiger partial charge in [0.2, 0.25) is 11.8 Å². The Balaban J connectivity index is 1.55. The van der Waals surface area contributed by atoms with Crippen LogP contribution in [-0.2, 0) is 9.59 Å². The Kier molecular flexibility index (Phi) is 4.25. The third kappa shape index (κ3) is 2.86. The number of nitrogens with one attached hydrogen (secondary N) is 1. The highest BCUT2D eigenvalue weighted by molar-refractivity contribution is 6.23. The molecule has 3 heterocycles. The van der Waals surface area contributed by atoms with Crippen LogP contribution in [0.15, 0.2) is 18.2 Å². The molecule has 28 heavy (non-hydrogen) atoms. The van der Waals surface area contributed by atoms with Gasteiger partial charge in [-0.05, 0) is 24.6 Å². The van der Waals surface area contributed by atoms with E-state index in [2.05, 4.69) is 5.32 Å². The van der Waals surface area contributed by atoms with Gasteiger partial charge in [0.25, 0.3) is 11.8 Å². The molecule has 10 heteroatoms. The Morgan fingerprint density at radius 2 is 1.68 bits per heavy atom. The minimum atomic E-state index is -0.979. The van der Waals surface area contributed by atoms with Gasteiger partial charge >= 0.3 is 6.03 Å². The molecule has 3 aliphatic heterocycles. The van der Waals surface area contributed by atoms with Crippen molar-refractivity contribution in [1.82, 2.24) is 15.1 Å². The third-order valence-electron chi connectivity index (χ3n) is 5.38. The number of nitrogens with two attached hydrogens (primary N) is 1. The number of hydrogen-bond acceptors (Lipinski definition) is 6. The monoisotopic (exact) mass is 385 g/mol. The van der Waals surface area contributed by atoms with E-state index >= 15 is 0 Å². The zero-order valence-corrected chi connectivity index (χ0v) is 15.0. The number of benzene rings is 1. The van der Waals surface area contributed by atoms with Gasteiger partial charge in [-0.2, -0.15) is 0 Å². The van der Waals surface area contributed by atoms with E-state index in [4.69, 9.17) is 5.73 Å². The van der Waals surface area contributed by atoms with E-state index in [1.54, 1.807) is 23.1 Å². The molecule has 0 radical (unpaired) electrons. The van der Waals surface area contributed by atoms with Crippen LogP contribution in [0.4, 0.5) is 10.5 Å². The van der Waals surface area contributed by atoms with Crippen molar-refractivity contribution >= 4 is 35.3 Å². The summed E-state index contributed by atoms with van der Waals surface area (Å²) in [7, 11) is 0. The zero-order chi connectivity index (χ0) is 20.0. The molecule has 1 aromatic rings. The van der Waals surface area contributed by atoms with Gasteiger partial charge in [-0.1, -0.05) is 0 Å². The van der Waals surface area contributed by atoms with Crippen LogP contribution in [0, 0.1) is 0 Å². The Labute approximate surface area is 160 Å². The van der Waals surface area contributed by atoms with Crippen molar-refractivity contribution in [3.63, 3.8) is 0 Å². The van der Waals surface area contributed by atoms with Gasteiger partial charge in [-0.25, -0.2) is 4.79 Å². The lowest BCUT2D eigenvalue weighted by molar-refractivity contribution is -0.136. The lowest BCUT2D eigenvalue weighted by Gasteiger charge is -2.35. The van der Waals surface area contributed by atoms with Crippen LogP contribution in [0.25, 0.3) is 0 Å². The maximum absolute atomic E-state index is 12.9. The third-order valence-corrected chi connectivity index (χ3v) is 5.38. The highest BCUT2D eigenvalue weighted by Crippen LogP contribution is 2.31. The van der Waals surface area contributed by atoms with Gasteiger partial charge in [0, 0.05) is 38.3 Å². The van der Waals surface area contributed by atoms with Crippen molar-refractivity contribution in [2.75, 3.05) is 31.1 Å². The largest absolute Gasteiger partial charge is 0.368 e. The van der Waals surface area contributed by atoms with Gasteiger partial charge < -0.3 is 15.5 Å². The summed E-state index contributed by atoms with van der Waals surface area (Å²) >= 11 is 0. The summed E-state index contributed by atoms with van der Waals surface area (Å²) in [4.78, 5) is 64.8. The Morgan fingerprint density at radius 1 is 1.00 bits per heavy atom. The fourth-order valence-electron chi connectivity index (χ4n) is 3.84. The van der Waals surface area contributed by atoms with E-state index < -0.39 is 35.7 Å². The lowest BCUT2D eigenvalue weighted by Crippen LogP contribution is -2.54. The molecule has 1 unspecified atom stereocenters. The van der Waals surface area contributed by atoms with Crippen LogP contribution in [0.1, 0.15) is 33.6 Å². The Morgan fingerprint density at radius 3 is 2.32 bits per heavy atom. The van der Waals surface area contributed by atoms with Crippen molar-refractivity contribution in [3.05, 3.63) is 29.3 Å². The SMILES string of the molecule is NC(=O)N1CCN(c2ccc3c(c2)C(=O)N(C2CCC(=O)NC2=O)C3=O)CC1. The molecule has 146 valence electrons. The van der Waals surface area contributed by atoms with Gasteiger partial charge in [0.05, 0.1) is 11.1 Å². The lowest BCUT2D eigenvalue weighted by atomic mass is 10.0. The van der Waals surface area contributed by atoms with E-state index in [0.29, 0.717) is 26.2 Å². The fraction of sp³-hybridized carbons (Fsp3) is 0.389. The van der Waals surface area contributed by atoms with Gasteiger partial charge in [-0.3, -0.25) is 29.4 Å². The number of piperazine rings is 1.